The topological polar surface area (TPSA) is 98.8 Å². The number of carbonyl (C=O) groups is 1. The molecule has 0 saturated carbocycles. The average molecular weight is 434 g/mol. The highest BCUT2D eigenvalue weighted by molar-refractivity contribution is 6.35. The van der Waals surface area contributed by atoms with E-state index < -0.39 is 0 Å². The number of carbonyl (C=O) groups excluding carboxylic acids is 1. The fourth-order valence-corrected chi connectivity index (χ4v) is 4.20. The Balaban J connectivity index is 1.40. The van der Waals surface area contributed by atoms with Crippen LogP contribution in [0.4, 0.5) is 11.5 Å². The van der Waals surface area contributed by atoms with Crippen molar-refractivity contribution in [2.24, 2.45) is 5.92 Å². The molecule has 1 aliphatic heterocycles. The number of piperidine rings is 1. The molecule has 1 aliphatic rings. The number of benzene rings is 1. The van der Waals surface area contributed by atoms with Crippen molar-refractivity contribution in [1.29, 1.82) is 0 Å². The first kappa shape index (κ1) is 19.7. The molecule has 3 N–H and O–H groups in total. The van der Waals surface area contributed by atoms with Crippen LogP contribution in [0.3, 0.4) is 0 Å². The molecule has 3 aromatic rings. The number of H-pyrrole nitrogens is 1. The van der Waals surface area contributed by atoms with Crippen LogP contribution in [0.1, 0.15) is 13.3 Å². The van der Waals surface area contributed by atoms with Gasteiger partial charge in [-0.2, -0.15) is 5.10 Å². The van der Waals surface area contributed by atoms with Gasteiger partial charge in [0.25, 0.3) is 0 Å². The maximum atomic E-state index is 12.8. The zero-order valence-electron chi connectivity index (χ0n) is 15.8. The minimum atomic E-state index is 0.0237. The molecule has 0 spiro atoms. The molecule has 1 amide bonds. The summed E-state index contributed by atoms with van der Waals surface area (Å²) in [7, 11) is 0. The van der Waals surface area contributed by atoms with E-state index in [-0.39, 0.29) is 18.5 Å². The van der Waals surface area contributed by atoms with Crippen molar-refractivity contribution >= 4 is 51.6 Å². The van der Waals surface area contributed by atoms with E-state index in [2.05, 4.69) is 37.7 Å². The third kappa shape index (κ3) is 4.71. The van der Waals surface area contributed by atoms with Crippen LogP contribution >= 0.6 is 23.2 Å². The van der Waals surface area contributed by atoms with E-state index >= 15 is 0 Å². The summed E-state index contributed by atoms with van der Waals surface area (Å²) in [4.78, 5) is 23.2. The van der Waals surface area contributed by atoms with Gasteiger partial charge in [0.15, 0.2) is 5.65 Å². The molecule has 0 bridgehead atoms. The fourth-order valence-electron chi connectivity index (χ4n) is 3.68. The van der Waals surface area contributed by atoms with Gasteiger partial charge >= 0.3 is 0 Å². The number of halogens is 2. The number of hydrogen-bond donors (Lipinski definition) is 3. The molecular formula is C19H21Cl2N7O. The van der Waals surface area contributed by atoms with E-state index in [0.29, 0.717) is 28.2 Å². The summed E-state index contributed by atoms with van der Waals surface area (Å²) in [6, 6.07) is 5.24. The number of nitrogens with zero attached hydrogens (tertiary/aromatic N) is 4. The van der Waals surface area contributed by atoms with E-state index in [9.17, 15) is 4.79 Å². The second-order valence-corrected chi connectivity index (χ2v) is 8.22. The van der Waals surface area contributed by atoms with Crippen molar-refractivity contribution in [2.75, 3.05) is 30.3 Å². The summed E-state index contributed by atoms with van der Waals surface area (Å²) in [5.41, 5.74) is 1.41. The molecule has 1 aromatic carbocycles. The van der Waals surface area contributed by atoms with E-state index in [1.165, 1.54) is 6.33 Å². The van der Waals surface area contributed by atoms with Gasteiger partial charge in [-0.15, -0.1) is 0 Å². The molecule has 8 nitrogen and oxygen atoms in total. The Morgan fingerprint density at radius 1 is 1.24 bits per heavy atom. The summed E-state index contributed by atoms with van der Waals surface area (Å²) in [5, 5.41) is 15.3. The Morgan fingerprint density at radius 2 is 2.03 bits per heavy atom. The Kier molecular flexibility index (Phi) is 5.73. The van der Waals surface area contributed by atoms with Crippen molar-refractivity contribution in [3.8, 4) is 0 Å². The van der Waals surface area contributed by atoms with Crippen LogP contribution < -0.4 is 10.6 Å². The molecule has 1 saturated heterocycles. The zero-order chi connectivity index (χ0) is 20.4. The molecule has 2 atom stereocenters. The first-order valence-electron chi connectivity index (χ1n) is 9.36. The number of fused-ring (bicyclic) bond motifs is 1. The summed E-state index contributed by atoms with van der Waals surface area (Å²) in [6.07, 6.45) is 4.15. The summed E-state index contributed by atoms with van der Waals surface area (Å²) >= 11 is 12.0. The third-order valence-electron chi connectivity index (χ3n) is 4.91. The lowest BCUT2D eigenvalue weighted by Gasteiger charge is -2.37. The standard InChI is InChI=1S/C19H21Cl2N7O/c1-11-2-15(26-18-16-6-25-27-19(16)24-10-23-18)9-28(8-11)17(29)7-22-14-4-12(20)3-13(21)5-14/h3-6,10-11,15,22H,2,7-9H2,1H3,(H2,23,24,25,26,27)/t11-,15+/m1/s1. The third-order valence-corrected chi connectivity index (χ3v) is 5.34. The van der Waals surface area contributed by atoms with Crippen molar-refractivity contribution in [3.05, 3.63) is 40.8 Å². The molecule has 4 rings (SSSR count). The largest absolute Gasteiger partial charge is 0.376 e. The highest BCUT2D eigenvalue weighted by Gasteiger charge is 2.28. The van der Waals surface area contributed by atoms with Crippen molar-refractivity contribution < 1.29 is 4.79 Å². The van der Waals surface area contributed by atoms with Crippen LogP contribution in [-0.4, -0.2) is 56.6 Å². The van der Waals surface area contributed by atoms with Gasteiger partial charge < -0.3 is 15.5 Å². The number of likely N-dealkylation sites (tertiary alicyclic amines) is 1. The Morgan fingerprint density at radius 3 is 2.83 bits per heavy atom. The van der Waals surface area contributed by atoms with Crippen LogP contribution in [0.2, 0.25) is 10.0 Å². The normalized spacial score (nSPS) is 19.3. The van der Waals surface area contributed by atoms with Gasteiger partial charge in [0, 0.05) is 34.9 Å². The second kappa shape index (κ2) is 8.42. The van der Waals surface area contributed by atoms with E-state index in [0.717, 1.165) is 29.9 Å². The van der Waals surface area contributed by atoms with Gasteiger partial charge in [-0.3, -0.25) is 9.89 Å². The molecule has 10 heteroatoms. The summed E-state index contributed by atoms with van der Waals surface area (Å²) < 4.78 is 0. The van der Waals surface area contributed by atoms with Crippen molar-refractivity contribution in [1.82, 2.24) is 25.1 Å². The minimum absolute atomic E-state index is 0.0237. The monoisotopic (exact) mass is 433 g/mol. The predicted molar refractivity (Wildman–Crippen MR) is 114 cm³/mol. The number of hydrogen-bond acceptors (Lipinski definition) is 6. The number of nitrogens with one attached hydrogen (secondary N) is 3. The van der Waals surface area contributed by atoms with Crippen LogP contribution in [-0.2, 0) is 4.79 Å². The maximum Gasteiger partial charge on any atom is 0.241 e. The van der Waals surface area contributed by atoms with Crippen LogP contribution in [0, 0.1) is 5.92 Å². The maximum absolute atomic E-state index is 12.8. The van der Waals surface area contributed by atoms with Crippen LogP contribution in [0.25, 0.3) is 11.0 Å². The second-order valence-electron chi connectivity index (χ2n) is 7.35. The number of amides is 1. The van der Waals surface area contributed by atoms with Gasteiger partial charge in [0.05, 0.1) is 18.1 Å². The van der Waals surface area contributed by atoms with Crippen LogP contribution in [0.5, 0.6) is 0 Å². The fraction of sp³-hybridized carbons (Fsp3) is 0.368. The van der Waals surface area contributed by atoms with Crippen LogP contribution in [0.15, 0.2) is 30.7 Å². The lowest BCUT2D eigenvalue weighted by Crippen LogP contribution is -2.49. The number of aromatic nitrogens is 4. The van der Waals surface area contributed by atoms with Crippen molar-refractivity contribution in [3.63, 3.8) is 0 Å². The minimum Gasteiger partial charge on any atom is -0.376 e. The average Bonchev–Trinajstić information content (AvgIpc) is 3.15. The molecule has 0 unspecified atom stereocenters. The molecule has 2 aromatic heterocycles. The SMILES string of the molecule is C[C@@H]1C[C@H](Nc2ncnc3[nH]ncc23)CN(C(=O)CNc2cc(Cl)cc(Cl)c2)C1. The van der Waals surface area contributed by atoms with Crippen molar-refractivity contribution in [2.45, 2.75) is 19.4 Å². The molecule has 1 fully saturated rings. The Bertz CT molecular complexity index is 1000. The van der Waals surface area contributed by atoms with Gasteiger partial charge in [-0.1, -0.05) is 30.1 Å². The quantitative estimate of drug-likeness (QED) is 0.569. The molecule has 0 radical (unpaired) electrons. The highest BCUT2D eigenvalue weighted by Crippen LogP contribution is 2.24. The Labute approximate surface area is 178 Å². The molecule has 29 heavy (non-hydrogen) atoms. The van der Waals surface area contributed by atoms with Gasteiger partial charge in [0.1, 0.15) is 12.1 Å². The predicted octanol–water partition coefficient (Wildman–Crippen LogP) is 3.42. The lowest BCUT2D eigenvalue weighted by molar-refractivity contribution is -0.131. The van der Waals surface area contributed by atoms with Gasteiger partial charge in [-0.05, 0) is 30.5 Å². The van der Waals surface area contributed by atoms with E-state index in [1.807, 2.05) is 4.90 Å². The molecular weight excluding hydrogens is 413 g/mol. The highest BCUT2D eigenvalue weighted by atomic mass is 35.5. The first-order valence-corrected chi connectivity index (χ1v) is 10.1. The number of anilines is 2. The van der Waals surface area contributed by atoms with E-state index in [4.69, 9.17) is 23.2 Å². The Hall–Kier alpha value is -2.58. The molecule has 0 aliphatic carbocycles. The summed E-state index contributed by atoms with van der Waals surface area (Å²) in [6.45, 7) is 3.64. The smallest absolute Gasteiger partial charge is 0.241 e. The number of aromatic amines is 1. The first-order chi connectivity index (χ1) is 14.0. The zero-order valence-corrected chi connectivity index (χ0v) is 17.3. The van der Waals surface area contributed by atoms with E-state index in [1.54, 1.807) is 24.4 Å². The van der Waals surface area contributed by atoms with Gasteiger partial charge in [-0.25, -0.2) is 9.97 Å². The number of rotatable bonds is 5. The molecule has 152 valence electrons. The summed E-state index contributed by atoms with van der Waals surface area (Å²) in [5.74, 6) is 1.12. The molecule has 3 heterocycles. The lowest BCUT2D eigenvalue weighted by atomic mass is 9.95. The van der Waals surface area contributed by atoms with Gasteiger partial charge in [0.2, 0.25) is 5.91 Å².